The Labute approximate surface area is 168 Å². The molecule has 0 N–H and O–H groups in total. The zero-order chi connectivity index (χ0) is 19.9. The zero-order valence-corrected chi connectivity index (χ0v) is 16.0. The fraction of sp³-hybridized carbons (Fsp3) is 0.353. The Morgan fingerprint density at radius 2 is 1.68 bits per heavy atom. The molecule has 148 valence electrons. The lowest BCUT2D eigenvalue weighted by atomic mass is 10.2. The summed E-state index contributed by atoms with van der Waals surface area (Å²) >= 11 is 12.1. The molecular formula is C17H15Cl2F3N6. The molecule has 1 aromatic carbocycles. The highest BCUT2D eigenvalue weighted by Gasteiger charge is 2.34. The van der Waals surface area contributed by atoms with Gasteiger partial charge in [0.15, 0.2) is 5.69 Å². The maximum absolute atomic E-state index is 13.2. The summed E-state index contributed by atoms with van der Waals surface area (Å²) in [6, 6.07) is 6.44. The summed E-state index contributed by atoms with van der Waals surface area (Å²) in [6.07, 6.45) is -2.60. The van der Waals surface area contributed by atoms with E-state index in [0.29, 0.717) is 35.5 Å². The van der Waals surface area contributed by atoms with Gasteiger partial charge in [-0.2, -0.15) is 27.8 Å². The number of nitrogens with zero attached hydrogens (tertiary/aromatic N) is 6. The lowest BCUT2D eigenvalue weighted by molar-refractivity contribution is -0.141. The van der Waals surface area contributed by atoms with E-state index in [1.165, 1.54) is 10.8 Å². The van der Waals surface area contributed by atoms with Crippen LogP contribution in [0.5, 0.6) is 0 Å². The third-order valence-electron chi connectivity index (χ3n) is 4.61. The molecule has 28 heavy (non-hydrogen) atoms. The fourth-order valence-corrected chi connectivity index (χ4v) is 3.55. The Balaban J connectivity index is 1.62. The molecule has 1 aliphatic rings. The quantitative estimate of drug-likeness (QED) is 0.610. The maximum atomic E-state index is 13.2. The van der Waals surface area contributed by atoms with Crippen LogP contribution in [0.4, 0.5) is 24.7 Å². The standard InChI is InChI=1S/C17H15Cl2F3N6/c18-12-3-2-11(8-13(12)19)26-4-1-5-27(7-6-26)15-9-14(17(20,21)22)25-16-23-10-24-28(15)16/h2-3,8-10H,1,4-7H2. The van der Waals surface area contributed by atoms with Gasteiger partial charge in [0.1, 0.15) is 12.1 Å². The Morgan fingerprint density at radius 3 is 2.43 bits per heavy atom. The second kappa shape index (κ2) is 7.29. The van der Waals surface area contributed by atoms with Gasteiger partial charge < -0.3 is 9.80 Å². The summed E-state index contributed by atoms with van der Waals surface area (Å²) in [5.41, 5.74) is -0.0542. The van der Waals surface area contributed by atoms with Crippen molar-refractivity contribution in [1.29, 1.82) is 0 Å². The average Bonchev–Trinajstić information content (AvgIpc) is 2.99. The normalized spacial score (nSPS) is 15.9. The molecule has 6 nitrogen and oxygen atoms in total. The smallest absolute Gasteiger partial charge is 0.370 e. The molecule has 1 aliphatic heterocycles. The molecule has 0 radical (unpaired) electrons. The van der Waals surface area contributed by atoms with Crippen LogP contribution in [0.25, 0.3) is 5.78 Å². The van der Waals surface area contributed by atoms with Crippen molar-refractivity contribution in [3.63, 3.8) is 0 Å². The monoisotopic (exact) mass is 430 g/mol. The van der Waals surface area contributed by atoms with Crippen LogP contribution in [0.2, 0.25) is 10.0 Å². The molecule has 4 rings (SSSR count). The largest absolute Gasteiger partial charge is 0.433 e. The van der Waals surface area contributed by atoms with E-state index in [1.54, 1.807) is 12.1 Å². The number of rotatable bonds is 2. The molecule has 0 bridgehead atoms. The summed E-state index contributed by atoms with van der Waals surface area (Å²) in [5.74, 6) is 0.251. The van der Waals surface area contributed by atoms with Crippen LogP contribution in [-0.4, -0.2) is 45.8 Å². The number of fused-ring (bicyclic) bond motifs is 1. The summed E-state index contributed by atoms with van der Waals surface area (Å²) in [6.45, 7) is 2.44. The third-order valence-corrected chi connectivity index (χ3v) is 5.35. The Hall–Kier alpha value is -2.26. The molecule has 0 saturated carbocycles. The van der Waals surface area contributed by atoms with Gasteiger partial charge >= 0.3 is 6.18 Å². The van der Waals surface area contributed by atoms with Gasteiger partial charge in [-0.1, -0.05) is 23.2 Å². The minimum absolute atomic E-state index is 0.0737. The first kappa shape index (κ1) is 19.1. The number of benzene rings is 1. The van der Waals surface area contributed by atoms with Gasteiger partial charge in [0.25, 0.3) is 5.78 Å². The molecule has 0 atom stereocenters. The van der Waals surface area contributed by atoms with Gasteiger partial charge in [-0.05, 0) is 24.6 Å². The molecule has 1 saturated heterocycles. The summed E-state index contributed by atoms with van der Waals surface area (Å²) in [7, 11) is 0. The van der Waals surface area contributed by atoms with Crippen LogP contribution < -0.4 is 9.80 Å². The van der Waals surface area contributed by atoms with E-state index >= 15 is 0 Å². The molecule has 1 fully saturated rings. The molecular weight excluding hydrogens is 416 g/mol. The SMILES string of the molecule is FC(F)(F)c1cc(N2CCCN(c3ccc(Cl)c(Cl)c3)CC2)n2ncnc2n1. The van der Waals surface area contributed by atoms with Crippen molar-refractivity contribution in [3.8, 4) is 0 Å². The van der Waals surface area contributed by atoms with Gasteiger partial charge in [0, 0.05) is 37.9 Å². The van der Waals surface area contributed by atoms with Crippen molar-refractivity contribution in [2.45, 2.75) is 12.6 Å². The van der Waals surface area contributed by atoms with Crippen LogP contribution in [0.1, 0.15) is 12.1 Å². The van der Waals surface area contributed by atoms with Gasteiger partial charge in [0.2, 0.25) is 0 Å². The molecule has 0 spiro atoms. The number of anilines is 2. The van der Waals surface area contributed by atoms with Crippen molar-refractivity contribution >= 4 is 40.5 Å². The maximum Gasteiger partial charge on any atom is 0.433 e. The predicted octanol–water partition coefficient (Wildman–Crippen LogP) is 4.17. The molecule has 2 aromatic heterocycles. The highest BCUT2D eigenvalue weighted by atomic mass is 35.5. The van der Waals surface area contributed by atoms with Gasteiger partial charge in [-0.3, -0.25) is 0 Å². The lowest BCUT2D eigenvalue weighted by Crippen LogP contribution is -2.32. The van der Waals surface area contributed by atoms with E-state index in [2.05, 4.69) is 20.0 Å². The number of aromatic nitrogens is 4. The molecule has 0 amide bonds. The number of halogens is 5. The van der Waals surface area contributed by atoms with Gasteiger partial charge in [-0.15, -0.1) is 0 Å². The van der Waals surface area contributed by atoms with Crippen LogP contribution in [0.3, 0.4) is 0 Å². The summed E-state index contributed by atoms with van der Waals surface area (Å²) < 4.78 is 41.0. The van der Waals surface area contributed by atoms with Crippen molar-refractivity contribution in [1.82, 2.24) is 19.6 Å². The van der Waals surface area contributed by atoms with E-state index in [0.717, 1.165) is 24.7 Å². The van der Waals surface area contributed by atoms with E-state index in [9.17, 15) is 13.2 Å². The zero-order valence-electron chi connectivity index (χ0n) is 14.5. The Kier molecular flexibility index (Phi) is 4.96. The number of alkyl halides is 3. The first-order valence-corrected chi connectivity index (χ1v) is 9.31. The van der Waals surface area contributed by atoms with E-state index < -0.39 is 11.9 Å². The molecule has 0 unspecified atom stereocenters. The molecule has 3 heterocycles. The highest BCUT2D eigenvalue weighted by Crippen LogP contribution is 2.32. The summed E-state index contributed by atoms with van der Waals surface area (Å²) in [5, 5.41) is 4.98. The van der Waals surface area contributed by atoms with Crippen molar-refractivity contribution in [3.05, 3.63) is 46.3 Å². The Bertz CT molecular complexity index is 1010. The van der Waals surface area contributed by atoms with E-state index in [4.69, 9.17) is 23.2 Å². The first-order chi connectivity index (χ1) is 13.3. The topological polar surface area (TPSA) is 49.6 Å². The molecule has 11 heteroatoms. The predicted molar refractivity (Wildman–Crippen MR) is 101 cm³/mol. The minimum atomic E-state index is -4.56. The van der Waals surface area contributed by atoms with Crippen molar-refractivity contribution in [2.75, 3.05) is 36.0 Å². The first-order valence-electron chi connectivity index (χ1n) is 8.56. The molecule has 3 aromatic rings. The van der Waals surface area contributed by atoms with Crippen LogP contribution >= 0.6 is 23.2 Å². The van der Waals surface area contributed by atoms with E-state index in [-0.39, 0.29) is 5.78 Å². The van der Waals surface area contributed by atoms with Crippen LogP contribution in [-0.2, 0) is 6.18 Å². The van der Waals surface area contributed by atoms with Crippen molar-refractivity contribution < 1.29 is 13.2 Å². The molecule has 0 aliphatic carbocycles. The van der Waals surface area contributed by atoms with Crippen LogP contribution in [0, 0.1) is 0 Å². The number of hydrogen-bond acceptors (Lipinski definition) is 5. The van der Waals surface area contributed by atoms with Gasteiger partial charge in [-0.25, -0.2) is 4.98 Å². The second-order valence-electron chi connectivity index (χ2n) is 6.40. The Morgan fingerprint density at radius 1 is 0.929 bits per heavy atom. The van der Waals surface area contributed by atoms with Gasteiger partial charge in [0.05, 0.1) is 10.0 Å². The highest BCUT2D eigenvalue weighted by molar-refractivity contribution is 6.42. The summed E-state index contributed by atoms with van der Waals surface area (Å²) in [4.78, 5) is 11.4. The minimum Gasteiger partial charge on any atom is -0.370 e. The second-order valence-corrected chi connectivity index (χ2v) is 7.21. The lowest BCUT2D eigenvalue weighted by Gasteiger charge is -2.25. The van der Waals surface area contributed by atoms with E-state index in [1.807, 2.05) is 11.0 Å². The van der Waals surface area contributed by atoms with Crippen LogP contribution in [0.15, 0.2) is 30.6 Å². The fourth-order valence-electron chi connectivity index (χ4n) is 3.25. The van der Waals surface area contributed by atoms with Crippen molar-refractivity contribution in [2.24, 2.45) is 0 Å². The third kappa shape index (κ3) is 3.68. The number of hydrogen-bond donors (Lipinski definition) is 0. The average molecular weight is 431 g/mol.